The van der Waals surface area contributed by atoms with Gasteiger partial charge in [0.15, 0.2) is 0 Å². The summed E-state index contributed by atoms with van der Waals surface area (Å²) in [5, 5.41) is 3.42. The molecule has 0 amide bonds. The van der Waals surface area contributed by atoms with Crippen LogP contribution in [0.1, 0.15) is 43.4 Å². The molecule has 2 aromatic carbocycles. The van der Waals surface area contributed by atoms with E-state index in [1.807, 2.05) is 9.13 Å². The molecule has 2 heterocycles. The summed E-state index contributed by atoms with van der Waals surface area (Å²) in [7, 11) is 0. The van der Waals surface area contributed by atoms with Crippen molar-refractivity contribution in [1.29, 1.82) is 0 Å². The molecule has 1 atom stereocenters. The fraction of sp³-hybridized carbons (Fsp3) is 0.391. The van der Waals surface area contributed by atoms with Gasteiger partial charge in [-0.05, 0) is 44.0 Å². The Morgan fingerprint density at radius 1 is 1.14 bits per heavy atom. The number of hydrogen-bond donors (Lipinski definition) is 1. The molecule has 1 aromatic heterocycles. The first kappa shape index (κ1) is 18.5. The van der Waals surface area contributed by atoms with Gasteiger partial charge in [-0.15, -0.1) is 0 Å². The molecule has 0 aliphatic carbocycles. The number of benzene rings is 2. The molecular weight excluding hydrogens is 348 g/mol. The number of amidine groups is 1. The number of aromatic nitrogens is 2. The van der Waals surface area contributed by atoms with Gasteiger partial charge < -0.3 is 5.32 Å². The Bertz CT molecular complexity index is 1090. The van der Waals surface area contributed by atoms with Crippen LogP contribution in [-0.4, -0.2) is 27.6 Å². The summed E-state index contributed by atoms with van der Waals surface area (Å²) in [5.74, 6) is 0.922. The second-order valence-electron chi connectivity index (χ2n) is 7.80. The minimum Gasteiger partial charge on any atom is -0.366 e. The molecule has 5 heteroatoms. The normalized spacial score (nSPS) is 16.4. The zero-order valence-electron chi connectivity index (χ0n) is 16.9. The van der Waals surface area contributed by atoms with E-state index in [2.05, 4.69) is 73.5 Å². The third-order valence-electron chi connectivity index (χ3n) is 5.36. The average molecular weight is 377 g/mol. The number of nitrogens with one attached hydrogen (secondary N) is 1. The summed E-state index contributed by atoms with van der Waals surface area (Å²) < 4.78 is 3.83. The summed E-state index contributed by atoms with van der Waals surface area (Å²) in [6.07, 6.45) is 2.06. The van der Waals surface area contributed by atoms with Crippen LogP contribution >= 0.6 is 0 Å². The topological polar surface area (TPSA) is 51.3 Å². The van der Waals surface area contributed by atoms with Crippen molar-refractivity contribution < 1.29 is 0 Å². The smallest absolute Gasteiger partial charge is 0.329 e. The fourth-order valence-electron chi connectivity index (χ4n) is 3.87. The van der Waals surface area contributed by atoms with Gasteiger partial charge in [-0.3, -0.25) is 14.1 Å². The quantitative estimate of drug-likeness (QED) is 0.713. The van der Waals surface area contributed by atoms with Gasteiger partial charge in [0.05, 0.1) is 24.1 Å². The highest BCUT2D eigenvalue weighted by molar-refractivity contribution is 6.02. The molecule has 4 rings (SSSR count). The van der Waals surface area contributed by atoms with Gasteiger partial charge in [-0.2, -0.15) is 0 Å². The third-order valence-corrected chi connectivity index (χ3v) is 5.36. The van der Waals surface area contributed by atoms with Gasteiger partial charge in [0.25, 0.3) is 0 Å². The van der Waals surface area contributed by atoms with E-state index in [1.54, 1.807) is 0 Å². The van der Waals surface area contributed by atoms with E-state index in [9.17, 15) is 4.79 Å². The van der Waals surface area contributed by atoms with Crippen LogP contribution < -0.4 is 11.0 Å². The van der Waals surface area contributed by atoms with E-state index in [-0.39, 0.29) is 5.69 Å². The van der Waals surface area contributed by atoms with E-state index in [1.165, 1.54) is 5.56 Å². The van der Waals surface area contributed by atoms with Crippen LogP contribution in [0.5, 0.6) is 0 Å². The van der Waals surface area contributed by atoms with Gasteiger partial charge in [-0.25, -0.2) is 4.79 Å². The van der Waals surface area contributed by atoms with Crippen LogP contribution in [0.2, 0.25) is 0 Å². The molecule has 0 radical (unpaired) electrons. The van der Waals surface area contributed by atoms with E-state index >= 15 is 0 Å². The highest BCUT2D eigenvalue weighted by Gasteiger charge is 2.18. The Balaban J connectivity index is 1.83. The summed E-state index contributed by atoms with van der Waals surface area (Å²) in [6, 6.07) is 15.0. The lowest BCUT2D eigenvalue weighted by atomic mass is 10.1. The number of aryl methyl sites for hydroxylation is 2. The van der Waals surface area contributed by atoms with Crippen molar-refractivity contribution in [3.63, 3.8) is 0 Å². The van der Waals surface area contributed by atoms with Crippen LogP contribution in [0.4, 0.5) is 0 Å². The molecule has 0 saturated carbocycles. The Kier molecular flexibility index (Phi) is 5.07. The van der Waals surface area contributed by atoms with Crippen LogP contribution in [0.15, 0.2) is 52.3 Å². The summed E-state index contributed by atoms with van der Waals surface area (Å²) in [6.45, 7) is 8.49. The summed E-state index contributed by atoms with van der Waals surface area (Å²) >= 11 is 0. The number of unbranched alkanes of at least 4 members (excludes halogenated alkanes) is 1. The van der Waals surface area contributed by atoms with Gasteiger partial charge in [0.1, 0.15) is 5.84 Å². The van der Waals surface area contributed by atoms with Crippen molar-refractivity contribution in [3.05, 3.63) is 69.6 Å². The number of hydrogen-bond acceptors (Lipinski definition) is 3. The van der Waals surface area contributed by atoms with Crippen molar-refractivity contribution in [2.75, 3.05) is 6.54 Å². The number of imidazole rings is 1. The summed E-state index contributed by atoms with van der Waals surface area (Å²) in [5.41, 5.74) is 5.44. The molecule has 5 nitrogen and oxygen atoms in total. The van der Waals surface area contributed by atoms with E-state index in [4.69, 9.17) is 0 Å². The SMILES string of the molecule is CCCCn1c(=O)n(Cc2cccc(C)c2)c2cc(C3=NCC(C)N3)ccc21. The molecule has 0 saturated heterocycles. The molecule has 28 heavy (non-hydrogen) atoms. The molecule has 1 aliphatic rings. The standard InChI is InChI=1S/C23H28N4O/c1-4-5-11-26-20-10-9-19(22-24-14-17(3)25-22)13-21(20)27(23(26)28)15-18-8-6-7-16(2)12-18/h6-10,12-13,17H,4-5,11,14-15H2,1-3H3,(H,24,25). The fourth-order valence-corrected chi connectivity index (χ4v) is 3.87. The number of nitrogens with zero attached hydrogens (tertiary/aromatic N) is 3. The van der Waals surface area contributed by atoms with Crippen LogP contribution in [0.25, 0.3) is 11.0 Å². The maximum atomic E-state index is 13.2. The van der Waals surface area contributed by atoms with Gasteiger partial charge >= 0.3 is 5.69 Å². The van der Waals surface area contributed by atoms with Crippen LogP contribution in [-0.2, 0) is 13.1 Å². The zero-order chi connectivity index (χ0) is 19.7. The molecule has 146 valence electrons. The monoisotopic (exact) mass is 376 g/mol. The van der Waals surface area contributed by atoms with E-state index in [0.717, 1.165) is 53.9 Å². The van der Waals surface area contributed by atoms with E-state index < -0.39 is 0 Å². The van der Waals surface area contributed by atoms with E-state index in [0.29, 0.717) is 12.6 Å². The Labute approximate surface area is 165 Å². The molecule has 1 N–H and O–H groups in total. The molecular formula is C23H28N4O. The van der Waals surface area contributed by atoms with Gasteiger partial charge in [0, 0.05) is 18.2 Å². The zero-order valence-corrected chi connectivity index (χ0v) is 16.9. The minimum absolute atomic E-state index is 0.0665. The largest absolute Gasteiger partial charge is 0.366 e. The lowest BCUT2D eigenvalue weighted by Gasteiger charge is -2.08. The van der Waals surface area contributed by atoms with Crippen molar-refractivity contribution in [2.24, 2.45) is 4.99 Å². The Hall–Kier alpha value is -2.82. The number of fused-ring (bicyclic) bond motifs is 1. The molecule has 3 aromatic rings. The average Bonchev–Trinajstić information content (AvgIpc) is 3.22. The van der Waals surface area contributed by atoms with Crippen molar-refractivity contribution in [2.45, 2.75) is 52.7 Å². The Morgan fingerprint density at radius 3 is 2.71 bits per heavy atom. The molecule has 0 bridgehead atoms. The van der Waals surface area contributed by atoms with Crippen molar-refractivity contribution in [1.82, 2.24) is 14.5 Å². The highest BCUT2D eigenvalue weighted by Crippen LogP contribution is 2.19. The molecule has 0 spiro atoms. The number of aliphatic imine (C=N–C) groups is 1. The molecule has 0 fully saturated rings. The lowest BCUT2D eigenvalue weighted by Crippen LogP contribution is -2.27. The third kappa shape index (κ3) is 3.49. The predicted octanol–water partition coefficient (Wildman–Crippen LogP) is 3.70. The van der Waals surface area contributed by atoms with Crippen LogP contribution in [0.3, 0.4) is 0 Å². The lowest BCUT2D eigenvalue weighted by molar-refractivity contribution is 0.606. The second kappa shape index (κ2) is 7.66. The maximum absolute atomic E-state index is 13.2. The van der Waals surface area contributed by atoms with Gasteiger partial charge in [0.2, 0.25) is 0 Å². The first-order chi connectivity index (χ1) is 13.6. The summed E-state index contributed by atoms with van der Waals surface area (Å²) in [4.78, 5) is 17.9. The first-order valence-electron chi connectivity index (χ1n) is 10.2. The van der Waals surface area contributed by atoms with Gasteiger partial charge in [-0.1, -0.05) is 43.2 Å². The second-order valence-corrected chi connectivity index (χ2v) is 7.80. The maximum Gasteiger partial charge on any atom is 0.329 e. The number of rotatable bonds is 6. The van der Waals surface area contributed by atoms with Crippen LogP contribution in [0, 0.1) is 6.92 Å². The molecule has 1 unspecified atom stereocenters. The minimum atomic E-state index is 0.0665. The van der Waals surface area contributed by atoms with Crippen molar-refractivity contribution in [3.8, 4) is 0 Å². The predicted molar refractivity (Wildman–Crippen MR) is 115 cm³/mol. The highest BCUT2D eigenvalue weighted by atomic mass is 16.1. The molecule has 1 aliphatic heterocycles. The van der Waals surface area contributed by atoms with Crippen molar-refractivity contribution >= 4 is 16.9 Å². The Morgan fingerprint density at radius 2 is 2.00 bits per heavy atom. The first-order valence-corrected chi connectivity index (χ1v) is 10.2.